The van der Waals surface area contributed by atoms with E-state index in [2.05, 4.69) is 4.72 Å². The van der Waals surface area contributed by atoms with Crippen molar-refractivity contribution in [3.63, 3.8) is 0 Å². The number of nitro groups is 1. The molecule has 0 radical (unpaired) electrons. The molecule has 0 amide bonds. The molecule has 0 unspecified atom stereocenters. The van der Waals surface area contributed by atoms with Gasteiger partial charge in [-0.25, -0.2) is 8.42 Å². The van der Waals surface area contributed by atoms with Gasteiger partial charge in [-0.3, -0.25) is 14.8 Å². The summed E-state index contributed by atoms with van der Waals surface area (Å²) in [4.78, 5) is 9.91. The third-order valence-electron chi connectivity index (χ3n) is 3.16. The first-order valence-corrected chi connectivity index (χ1v) is 8.22. The minimum absolute atomic E-state index is 0.189. The van der Waals surface area contributed by atoms with Crippen LogP contribution < -0.4 is 9.46 Å². The summed E-state index contributed by atoms with van der Waals surface area (Å²) in [6.45, 7) is 1.64. The Hall–Kier alpha value is -2.32. The molecule has 0 saturated carbocycles. The van der Waals surface area contributed by atoms with E-state index in [0.29, 0.717) is 10.6 Å². The number of benzene rings is 2. The summed E-state index contributed by atoms with van der Waals surface area (Å²) in [5.74, 6) is 0.189. The highest BCUT2D eigenvalue weighted by molar-refractivity contribution is 7.92. The molecule has 1 N–H and O–H groups in total. The van der Waals surface area contributed by atoms with Crippen molar-refractivity contribution in [2.24, 2.45) is 0 Å². The zero-order valence-corrected chi connectivity index (χ0v) is 13.8. The smallest absolute Gasteiger partial charge is 0.293 e. The lowest BCUT2D eigenvalue weighted by molar-refractivity contribution is -0.387. The number of nitrogens with zero attached hydrogens (tertiary/aromatic N) is 1. The molecule has 0 aliphatic carbocycles. The Bertz CT molecular complexity index is 867. The quantitative estimate of drug-likeness (QED) is 0.654. The second-order valence-electron chi connectivity index (χ2n) is 4.61. The number of hydrogen-bond acceptors (Lipinski definition) is 5. The summed E-state index contributed by atoms with van der Waals surface area (Å²) >= 11 is 5.95. The SMILES string of the molecule is COc1ccc(S(=O)(=O)Nc2cccc(Cl)c2C)c([N+](=O)[O-])c1. The van der Waals surface area contributed by atoms with Crippen LogP contribution >= 0.6 is 11.6 Å². The Morgan fingerprint density at radius 1 is 1.26 bits per heavy atom. The normalized spacial score (nSPS) is 11.1. The molecule has 0 bridgehead atoms. The molecule has 0 saturated heterocycles. The van der Waals surface area contributed by atoms with Crippen LogP contribution in [-0.4, -0.2) is 20.5 Å². The maximum atomic E-state index is 12.5. The van der Waals surface area contributed by atoms with Crippen molar-refractivity contribution < 1.29 is 18.1 Å². The van der Waals surface area contributed by atoms with Gasteiger partial charge in [0.2, 0.25) is 0 Å². The zero-order chi connectivity index (χ0) is 17.2. The highest BCUT2D eigenvalue weighted by Crippen LogP contribution is 2.31. The molecule has 0 aromatic heterocycles. The summed E-state index contributed by atoms with van der Waals surface area (Å²) in [5, 5.41) is 11.5. The lowest BCUT2D eigenvalue weighted by Gasteiger charge is -2.12. The fourth-order valence-corrected chi connectivity index (χ4v) is 3.36. The summed E-state index contributed by atoms with van der Waals surface area (Å²) < 4.78 is 32.2. The van der Waals surface area contributed by atoms with Gasteiger partial charge in [0, 0.05) is 5.02 Å². The van der Waals surface area contributed by atoms with Crippen LogP contribution in [0.15, 0.2) is 41.3 Å². The van der Waals surface area contributed by atoms with E-state index < -0.39 is 25.5 Å². The molecule has 7 nitrogen and oxygen atoms in total. The molecular weight excluding hydrogens is 344 g/mol. The second kappa shape index (κ2) is 6.43. The number of methoxy groups -OCH3 is 1. The monoisotopic (exact) mass is 356 g/mol. The van der Waals surface area contributed by atoms with Gasteiger partial charge in [0.25, 0.3) is 15.7 Å². The van der Waals surface area contributed by atoms with Crippen molar-refractivity contribution in [2.75, 3.05) is 11.8 Å². The first-order valence-electron chi connectivity index (χ1n) is 6.36. The molecule has 0 aliphatic rings. The average Bonchev–Trinajstić information content (AvgIpc) is 2.51. The minimum atomic E-state index is -4.16. The van der Waals surface area contributed by atoms with Crippen molar-refractivity contribution in [3.8, 4) is 5.75 Å². The van der Waals surface area contributed by atoms with Gasteiger partial charge in [0.15, 0.2) is 4.90 Å². The molecule has 2 aromatic rings. The van der Waals surface area contributed by atoms with E-state index in [9.17, 15) is 18.5 Å². The van der Waals surface area contributed by atoms with Gasteiger partial charge in [-0.05, 0) is 36.8 Å². The molecule has 2 aromatic carbocycles. The first kappa shape index (κ1) is 17.0. The molecule has 9 heteroatoms. The molecular formula is C14H13ClN2O5S. The molecule has 0 atom stereocenters. The van der Waals surface area contributed by atoms with E-state index >= 15 is 0 Å². The fourth-order valence-electron chi connectivity index (χ4n) is 1.91. The topological polar surface area (TPSA) is 98.5 Å². The van der Waals surface area contributed by atoms with Crippen LogP contribution in [-0.2, 0) is 10.0 Å². The van der Waals surface area contributed by atoms with Gasteiger partial charge in [-0.15, -0.1) is 0 Å². The van der Waals surface area contributed by atoms with Gasteiger partial charge in [0.1, 0.15) is 5.75 Å². The Labute approximate surface area is 138 Å². The summed E-state index contributed by atoms with van der Waals surface area (Å²) in [5.41, 5.74) is 0.202. The van der Waals surface area contributed by atoms with Crippen molar-refractivity contribution >= 4 is 33.0 Å². The van der Waals surface area contributed by atoms with Gasteiger partial charge in [-0.1, -0.05) is 17.7 Å². The van der Waals surface area contributed by atoms with Crippen LogP contribution in [0.4, 0.5) is 11.4 Å². The maximum absolute atomic E-state index is 12.5. The van der Waals surface area contributed by atoms with E-state index in [1.165, 1.54) is 19.2 Å². The summed E-state index contributed by atoms with van der Waals surface area (Å²) in [6.07, 6.45) is 0. The van der Waals surface area contributed by atoms with Crippen molar-refractivity contribution in [1.29, 1.82) is 0 Å². The van der Waals surface area contributed by atoms with E-state index in [-0.39, 0.29) is 11.4 Å². The fraction of sp³-hybridized carbons (Fsp3) is 0.143. The molecule has 0 heterocycles. The lowest BCUT2D eigenvalue weighted by atomic mass is 10.2. The van der Waals surface area contributed by atoms with Crippen LogP contribution in [0.5, 0.6) is 5.75 Å². The minimum Gasteiger partial charge on any atom is -0.497 e. The predicted molar refractivity (Wildman–Crippen MR) is 86.6 cm³/mol. The summed E-state index contributed by atoms with van der Waals surface area (Å²) in [6, 6.07) is 8.24. The van der Waals surface area contributed by atoms with Crippen LogP contribution in [0.25, 0.3) is 0 Å². The first-order chi connectivity index (χ1) is 10.8. The number of sulfonamides is 1. The number of anilines is 1. The largest absolute Gasteiger partial charge is 0.497 e. The van der Waals surface area contributed by atoms with E-state index in [0.717, 1.165) is 12.1 Å². The summed E-state index contributed by atoms with van der Waals surface area (Å²) in [7, 11) is -2.82. The molecule has 2 rings (SSSR count). The van der Waals surface area contributed by atoms with Gasteiger partial charge >= 0.3 is 0 Å². The van der Waals surface area contributed by atoms with Crippen molar-refractivity contribution in [1.82, 2.24) is 0 Å². The number of nitrogens with one attached hydrogen (secondary N) is 1. The number of nitro benzene ring substituents is 1. The molecule has 23 heavy (non-hydrogen) atoms. The van der Waals surface area contributed by atoms with Crippen molar-refractivity contribution in [2.45, 2.75) is 11.8 Å². The molecule has 122 valence electrons. The van der Waals surface area contributed by atoms with Crippen molar-refractivity contribution in [3.05, 3.63) is 57.1 Å². The third-order valence-corrected chi connectivity index (χ3v) is 4.99. The molecule has 0 fully saturated rings. The number of ether oxygens (including phenoxy) is 1. The van der Waals surface area contributed by atoms with E-state index in [4.69, 9.17) is 16.3 Å². The van der Waals surface area contributed by atoms with Crippen LogP contribution in [0.1, 0.15) is 5.56 Å². The standard InChI is InChI=1S/C14H13ClN2O5S/c1-9-11(15)4-3-5-12(9)16-23(20,21)14-7-6-10(22-2)8-13(14)17(18)19/h3-8,16H,1-2H3. The Morgan fingerprint density at radius 3 is 2.57 bits per heavy atom. The van der Waals surface area contributed by atoms with Crippen LogP contribution in [0.3, 0.4) is 0 Å². The van der Waals surface area contributed by atoms with Gasteiger partial charge in [0.05, 0.1) is 23.8 Å². The number of hydrogen-bond donors (Lipinski definition) is 1. The van der Waals surface area contributed by atoms with Crippen LogP contribution in [0, 0.1) is 17.0 Å². The zero-order valence-electron chi connectivity index (χ0n) is 12.2. The van der Waals surface area contributed by atoms with Crippen LogP contribution in [0.2, 0.25) is 5.02 Å². The lowest BCUT2D eigenvalue weighted by Crippen LogP contribution is -2.15. The van der Waals surface area contributed by atoms with Gasteiger partial charge < -0.3 is 4.74 Å². The molecule has 0 aliphatic heterocycles. The third kappa shape index (κ3) is 3.54. The Morgan fingerprint density at radius 2 is 1.96 bits per heavy atom. The van der Waals surface area contributed by atoms with E-state index in [1.807, 2.05) is 0 Å². The Balaban J connectivity index is 2.52. The molecule has 0 spiro atoms. The van der Waals surface area contributed by atoms with Gasteiger partial charge in [-0.2, -0.15) is 0 Å². The van der Waals surface area contributed by atoms with E-state index in [1.54, 1.807) is 19.1 Å². The highest BCUT2D eigenvalue weighted by atomic mass is 35.5. The maximum Gasteiger partial charge on any atom is 0.293 e. The Kier molecular flexibility index (Phi) is 4.76. The second-order valence-corrected chi connectivity index (χ2v) is 6.67. The predicted octanol–water partition coefficient (Wildman–Crippen LogP) is 3.37. The highest BCUT2D eigenvalue weighted by Gasteiger charge is 2.27. The number of halogens is 1. The number of rotatable bonds is 5. The average molecular weight is 357 g/mol.